The van der Waals surface area contributed by atoms with E-state index in [1.807, 2.05) is 0 Å². The Morgan fingerprint density at radius 1 is 1.08 bits per heavy atom. The third kappa shape index (κ3) is 3.51. The number of rotatable bonds is 5. The zero-order valence-electron chi connectivity index (χ0n) is 13.8. The number of benzene rings is 1. The number of nitro groups is 2. The summed E-state index contributed by atoms with van der Waals surface area (Å²) in [6, 6.07) is 8.81. The fourth-order valence-corrected chi connectivity index (χ4v) is 3.14. The van der Waals surface area contributed by atoms with Crippen molar-refractivity contribution in [2.45, 2.75) is 12.8 Å². The summed E-state index contributed by atoms with van der Waals surface area (Å²) in [6.45, 7) is 0.920. The van der Waals surface area contributed by atoms with Crippen molar-refractivity contribution >= 4 is 22.8 Å². The molecule has 2 aromatic rings. The van der Waals surface area contributed by atoms with Crippen LogP contribution in [0.5, 0.6) is 0 Å². The molecule has 0 saturated carbocycles. The topological polar surface area (TPSA) is 119 Å². The summed E-state index contributed by atoms with van der Waals surface area (Å²) >= 11 is 0. The van der Waals surface area contributed by atoms with Gasteiger partial charge in [-0.1, -0.05) is 6.07 Å². The Labute approximate surface area is 148 Å². The molecule has 1 fully saturated rings. The Bertz CT molecular complexity index is 847. The summed E-state index contributed by atoms with van der Waals surface area (Å²) in [5.74, 6) is -0.207. The summed E-state index contributed by atoms with van der Waals surface area (Å²) in [6.07, 6.45) is 2.66. The van der Waals surface area contributed by atoms with Crippen LogP contribution in [-0.4, -0.2) is 33.7 Å². The average molecular weight is 356 g/mol. The van der Waals surface area contributed by atoms with Gasteiger partial charge in [-0.2, -0.15) is 0 Å². The maximum Gasteiger partial charge on any atom is 0.299 e. The average Bonchev–Trinajstić information content (AvgIpc) is 2.67. The largest absolute Gasteiger partial charge is 0.366 e. The highest BCUT2D eigenvalue weighted by Crippen LogP contribution is 2.34. The summed E-state index contributed by atoms with van der Waals surface area (Å²) in [5.41, 5.74) is 0.144. The second-order valence-corrected chi connectivity index (χ2v) is 6.03. The quantitative estimate of drug-likeness (QED) is 0.459. The molecule has 1 saturated heterocycles. The minimum absolute atomic E-state index is 0.0246. The number of carbonyl (C=O) groups excluding carboxylic acids is 1. The monoisotopic (exact) mass is 356 g/mol. The van der Waals surface area contributed by atoms with Crippen LogP contribution in [0.3, 0.4) is 0 Å². The van der Waals surface area contributed by atoms with Crippen LogP contribution in [0.2, 0.25) is 0 Å². The van der Waals surface area contributed by atoms with Gasteiger partial charge in [0.1, 0.15) is 11.4 Å². The highest BCUT2D eigenvalue weighted by Gasteiger charge is 2.30. The van der Waals surface area contributed by atoms with E-state index in [9.17, 15) is 25.0 Å². The lowest BCUT2D eigenvalue weighted by atomic mass is 9.90. The first-order valence-electron chi connectivity index (χ1n) is 8.10. The van der Waals surface area contributed by atoms with E-state index in [4.69, 9.17) is 0 Å². The number of hydrogen-bond acceptors (Lipinski definition) is 7. The summed E-state index contributed by atoms with van der Waals surface area (Å²) in [7, 11) is 0. The van der Waals surface area contributed by atoms with Gasteiger partial charge in [0.2, 0.25) is 0 Å². The molecular weight excluding hydrogens is 340 g/mol. The number of piperidine rings is 1. The minimum atomic E-state index is -0.658. The molecule has 0 unspecified atom stereocenters. The van der Waals surface area contributed by atoms with Crippen molar-refractivity contribution in [1.82, 2.24) is 4.98 Å². The molecular formula is C17H16N4O5. The first-order chi connectivity index (χ1) is 12.5. The number of non-ortho nitro benzene ring substituents is 1. The van der Waals surface area contributed by atoms with Crippen molar-refractivity contribution in [2.24, 2.45) is 5.92 Å². The molecule has 134 valence electrons. The number of nitrogens with zero attached hydrogens (tertiary/aromatic N) is 4. The molecule has 0 bridgehead atoms. The fraction of sp³-hybridized carbons (Fsp3) is 0.294. The number of pyridine rings is 1. The Balaban J connectivity index is 1.75. The Morgan fingerprint density at radius 2 is 1.81 bits per heavy atom. The molecule has 0 atom stereocenters. The van der Waals surface area contributed by atoms with E-state index in [1.54, 1.807) is 29.3 Å². The van der Waals surface area contributed by atoms with E-state index in [0.29, 0.717) is 37.3 Å². The van der Waals surface area contributed by atoms with Crippen LogP contribution in [0, 0.1) is 26.1 Å². The standard InChI is InChI=1S/C17H16N4O5/c22-17(14-3-1-2-8-18-14)12-6-9-19(10-7-12)15-5-4-13(20(23)24)11-16(15)21(25)26/h1-5,8,11-12H,6-7,9-10H2. The van der Waals surface area contributed by atoms with Gasteiger partial charge < -0.3 is 4.90 Å². The van der Waals surface area contributed by atoms with Crippen molar-refractivity contribution in [1.29, 1.82) is 0 Å². The number of Topliss-reactive ketones (excluding diaryl/α,β-unsaturated/α-hetero) is 1. The van der Waals surface area contributed by atoms with Crippen LogP contribution in [0.1, 0.15) is 23.3 Å². The van der Waals surface area contributed by atoms with Crippen molar-refractivity contribution in [3.63, 3.8) is 0 Å². The number of carbonyl (C=O) groups is 1. The Morgan fingerprint density at radius 3 is 2.38 bits per heavy atom. The summed E-state index contributed by atoms with van der Waals surface area (Å²) < 4.78 is 0. The Kier molecular flexibility index (Phi) is 4.87. The second kappa shape index (κ2) is 7.26. The van der Waals surface area contributed by atoms with Gasteiger partial charge in [-0.15, -0.1) is 0 Å². The number of aromatic nitrogens is 1. The van der Waals surface area contributed by atoms with Crippen LogP contribution < -0.4 is 4.90 Å². The van der Waals surface area contributed by atoms with Gasteiger partial charge in [0, 0.05) is 31.3 Å². The lowest BCUT2D eigenvalue weighted by Gasteiger charge is -2.32. The van der Waals surface area contributed by atoms with Gasteiger partial charge in [-0.3, -0.25) is 30.0 Å². The van der Waals surface area contributed by atoms with Crippen LogP contribution >= 0.6 is 0 Å². The van der Waals surface area contributed by atoms with Crippen LogP contribution in [0.4, 0.5) is 17.1 Å². The Hall–Kier alpha value is -3.36. The summed E-state index contributed by atoms with van der Waals surface area (Å²) in [5, 5.41) is 22.1. The van der Waals surface area contributed by atoms with Gasteiger partial charge >= 0.3 is 0 Å². The predicted octanol–water partition coefficient (Wildman–Crippen LogP) is 3.00. The van der Waals surface area contributed by atoms with E-state index in [-0.39, 0.29) is 23.1 Å². The van der Waals surface area contributed by atoms with E-state index in [2.05, 4.69) is 4.98 Å². The van der Waals surface area contributed by atoms with Crippen LogP contribution in [-0.2, 0) is 0 Å². The SMILES string of the molecule is O=C(c1ccccn1)C1CCN(c2ccc([N+](=O)[O-])cc2[N+](=O)[O-])CC1. The molecule has 0 aliphatic carbocycles. The number of anilines is 1. The molecule has 1 aliphatic rings. The number of hydrogen-bond donors (Lipinski definition) is 0. The van der Waals surface area contributed by atoms with Gasteiger partial charge in [0.15, 0.2) is 5.78 Å². The van der Waals surface area contributed by atoms with E-state index in [1.165, 1.54) is 12.1 Å². The molecule has 0 radical (unpaired) electrons. The smallest absolute Gasteiger partial charge is 0.299 e. The maximum absolute atomic E-state index is 12.5. The summed E-state index contributed by atoms with van der Waals surface area (Å²) in [4.78, 5) is 39.2. The molecule has 1 aromatic carbocycles. The molecule has 0 N–H and O–H groups in total. The third-order valence-electron chi connectivity index (χ3n) is 4.49. The minimum Gasteiger partial charge on any atom is -0.366 e. The molecule has 3 rings (SSSR count). The van der Waals surface area contributed by atoms with Crippen molar-refractivity contribution in [2.75, 3.05) is 18.0 Å². The molecule has 1 aromatic heterocycles. The van der Waals surface area contributed by atoms with Crippen molar-refractivity contribution in [3.05, 3.63) is 68.5 Å². The van der Waals surface area contributed by atoms with Crippen LogP contribution in [0.15, 0.2) is 42.6 Å². The zero-order valence-corrected chi connectivity index (χ0v) is 13.8. The lowest BCUT2D eigenvalue weighted by molar-refractivity contribution is -0.393. The molecule has 0 spiro atoms. The fourth-order valence-electron chi connectivity index (χ4n) is 3.14. The van der Waals surface area contributed by atoms with E-state index in [0.717, 1.165) is 6.07 Å². The second-order valence-electron chi connectivity index (χ2n) is 6.03. The first kappa shape index (κ1) is 17.5. The van der Waals surface area contributed by atoms with Gasteiger partial charge in [0.05, 0.1) is 15.9 Å². The highest BCUT2D eigenvalue weighted by atomic mass is 16.6. The zero-order chi connectivity index (χ0) is 18.7. The van der Waals surface area contributed by atoms with Crippen molar-refractivity contribution in [3.8, 4) is 0 Å². The predicted molar refractivity (Wildman–Crippen MR) is 93.3 cm³/mol. The highest BCUT2D eigenvalue weighted by molar-refractivity contribution is 5.96. The number of ketones is 1. The van der Waals surface area contributed by atoms with E-state index >= 15 is 0 Å². The van der Waals surface area contributed by atoms with Gasteiger partial charge in [0.25, 0.3) is 11.4 Å². The first-order valence-corrected chi connectivity index (χ1v) is 8.10. The van der Waals surface area contributed by atoms with Crippen molar-refractivity contribution < 1.29 is 14.6 Å². The molecule has 1 aliphatic heterocycles. The number of nitro benzene ring substituents is 2. The molecule has 9 nitrogen and oxygen atoms in total. The molecule has 0 amide bonds. The lowest BCUT2D eigenvalue weighted by Crippen LogP contribution is -2.36. The van der Waals surface area contributed by atoms with Gasteiger partial charge in [-0.05, 0) is 31.0 Å². The maximum atomic E-state index is 12.5. The molecule has 26 heavy (non-hydrogen) atoms. The van der Waals surface area contributed by atoms with Gasteiger partial charge in [-0.25, -0.2) is 0 Å². The third-order valence-corrected chi connectivity index (χ3v) is 4.49. The normalized spacial score (nSPS) is 14.8. The molecule has 9 heteroatoms. The molecule has 2 heterocycles. The van der Waals surface area contributed by atoms with Crippen LogP contribution in [0.25, 0.3) is 0 Å². The van der Waals surface area contributed by atoms with E-state index < -0.39 is 9.85 Å².